The van der Waals surface area contributed by atoms with Crippen LogP contribution in [0.15, 0.2) is 0 Å². The van der Waals surface area contributed by atoms with E-state index in [1.807, 2.05) is 0 Å². The van der Waals surface area contributed by atoms with Crippen molar-refractivity contribution in [3.63, 3.8) is 0 Å². The van der Waals surface area contributed by atoms with Gasteiger partial charge in [-0.05, 0) is 32.1 Å². The lowest BCUT2D eigenvalue weighted by Crippen LogP contribution is -2.45. The number of carbonyl (C=O) groups excluding carboxylic acids is 1. The summed E-state index contributed by atoms with van der Waals surface area (Å²) in [7, 11) is 0. The van der Waals surface area contributed by atoms with Crippen LogP contribution >= 0.6 is 0 Å². The smallest absolute Gasteiger partial charge is 0.244 e. The zero-order chi connectivity index (χ0) is 14.6. The van der Waals surface area contributed by atoms with E-state index >= 15 is 0 Å². The van der Waals surface area contributed by atoms with E-state index in [2.05, 4.69) is 31.0 Å². The number of hydrogen-bond donors (Lipinski definition) is 1. The fraction of sp³-hybridized carbons (Fsp3) is 0.941. The molecule has 2 fully saturated rings. The van der Waals surface area contributed by atoms with Crippen molar-refractivity contribution in [3.8, 4) is 0 Å². The van der Waals surface area contributed by atoms with Crippen LogP contribution in [0.1, 0.15) is 85.0 Å². The minimum Gasteiger partial charge on any atom is -0.323 e. The zero-order valence-corrected chi connectivity index (χ0v) is 13.6. The van der Waals surface area contributed by atoms with E-state index < -0.39 is 0 Å². The molecule has 1 saturated heterocycles. The van der Waals surface area contributed by atoms with Gasteiger partial charge in [0.15, 0.2) is 0 Å². The topological polar surface area (TPSA) is 32.3 Å². The van der Waals surface area contributed by atoms with Gasteiger partial charge in [0.25, 0.3) is 0 Å². The maximum atomic E-state index is 13.0. The summed E-state index contributed by atoms with van der Waals surface area (Å²) in [5.41, 5.74) is -0.196. The Kier molecular flexibility index (Phi) is 5.48. The molecule has 0 aromatic carbocycles. The van der Waals surface area contributed by atoms with Crippen molar-refractivity contribution in [1.82, 2.24) is 10.2 Å². The standard InChI is InChI=1S/C17H32N2O/c1-4-7-11-14(10-5-2)19-15(6-3)18-17(16(19)20)12-8-9-13-17/h14-15,18H,4-13H2,1-3H3. The normalized spacial score (nSPS) is 26.6. The second-order valence-corrected chi connectivity index (χ2v) is 6.65. The van der Waals surface area contributed by atoms with Crippen molar-refractivity contribution in [2.24, 2.45) is 0 Å². The number of unbranched alkanes of at least 4 members (excludes halogenated alkanes) is 1. The van der Waals surface area contributed by atoms with Gasteiger partial charge < -0.3 is 4.90 Å². The Morgan fingerprint density at radius 1 is 1.20 bits per heavy atom. The van der Waals surface area contributed by atoms with E-state index in [0.29, 0.717) is 11.9 Å². The van der Waals surface area contributed by atoms with Crippen LogP contribution in [0, 0.1) is 0 Å². The highest BCUT2D eigenvalue weighted by molar-refractivity contribution is 5.89. The van der Waals surface area contributed by atoms with Crippen LogP contribution in [-0.2, 0) is 4.79 Å². The first-order chi connectivity index (χ1) is 9.68. The molecular weight excluding hydrogens is 248 g/mol. The van der Waals surface area contributed by atoms with E-state index in [9.17, 15) is 4.79 Å². The summed E-state index contributed by atoms with van der Waals surface area (Å²) in [6.45, 7) is 6.68. The zero-order valence-electron chi connectivity index (χ0n) is 13.6. The molecule has 1 aliphatic carbocycles. The fourth-order valence-corrected chi connectivity index (χ4v) is 4.09. The average molecular weight is 280 g/mol. The Morgan fingerprint density at radius 2 is 1.90 bits per heavy atom. The lowest BCUT2D eigenvalue weighted by atomic mass is 9.96. The summed E-state index contributed by atoms with van der Waals surface area (Å²) in [4.78, 5) is 15.3. The molecule has 0 aromatic heterocycles. The highest BCUT2D eigenvalue weighted by Crippen LogP contribution is 2.38. The molecular formula is C17H32N2O. The van der Waals surface area contributed by atoms with E-state index in [1.165, 1.54) is 38.5 Å². The van der Waals surface area contributed by atoms with Crippen molar-refractivity contribution >= 4 is 5.91 Å². The fourth-order valence-electron chi connectivity index (χ4n) is 4.09. The second kappa shape index (κ2) is 6.93. The first-order valence-electron chi connectivity index (χ1n) is 8.79. The largest absolute Gasteiger partial charge is 0.323 e. The molecule has 1 N–H and O–H groups in total. The third-order valence-electron chi connectivity index (χ3n) is 5.17. The Labute approximate surface area is 124 Å². The summed E-state index contributed by atoms with van der Waals surface area (Å²) < 4.78 is 0. The van der Waals surface area contributed by atoms with E-state index in [1.54, 1.807) is 0 Å². The van der Waals surface area contributed by atoms with Gasteiger partial charge in [-0.25, -0.2) is 0 Å². The van der Waals surface area contributed by atoms with Crippen LogP contribution in [-0.4, -0.2) is 28.6 Å². The van der Waals surface area contributed by atoms with Gasteiger partial charge in [0.05, 0.1) is 11.7 Å². The Hall–Kier alpha value is -0.570. The summed E-state index contributed by atoms with van der Waals surface area (Å²) in [6, 6.07) is 0.449. The highest BCUT2D eigenvalue weighted by atomic mass is 16.2. The lowest BCUT2D eigenvalue weighted by molar-refractivity contribution is -0.135. The molecule has 116 valence electrons. The summed E-state index contributed by atoms with van der Waals surface area (Å²) >= 11 is 0. The third kappa shape index (κ3) is 2.88. The predicted molar refractivity (Wildman–Crippen MR) is 83.5 cm³/mol. The molecule has 1 aliphatic heterocycles. The first kappa shape index (κ1) is 15.8. The first-order valence-corrected chi connectivity index (χ1v) is 8.79. The number of hydrogen-bond acceptors (Lipinski definition) is 2. The second-order valence-electron chi connectivity index (χ2n) is 6.65. The monoisotopic (exact) mass is 280 g/mol. The molecule has 2 rings (SSSR count). The van der Waals surface area contributed by atoms with E-state index in [4.69, 9.17) is 0 Å². The molecule has 0 bridgehead atoms. The molecule has 1 saturated carbocycles. The summed E-state index contributed by atoms with van der Waals surface area (Å²) in [6.07, 6.45) is 11.7. The van der Waals surface area contributed by atoms with Crippen LogP contribution in [0.4, 0.5) is 0 Å². The highest BCUT2D eigenvalue weighted by Gasteiger charge is 2.53. The van der Waals surface area contributed by atoms with Crippen molar-refractivity contribution in [2.45, 2.75) is 103 Å². The van der Waals surface area contributed by atoms with E-state index in [0.717, 1.165) is 25.7 Å². The van der Waals surface area contributed by atoms with Gasteiger partial charge in [-0.3, -0.25) is 10.1 Å². The summed E-state index contributed by atoms with van der Waals surface area (Å²) in [5, 5.41) is 3.71. The van der Waals surface area contributed by atoms with Crippen molar-refractivity contribution in [2.75, 3.05) is 0 Å². The van der Waals surface area contributed by atoms with Crippen LogP contribution in [0.2, 0.25) is 0 Å². The maximum Gasteiger partial charge on any atom is 0.244 e. The quantitative estimate of drug-likeness (QED) is 0.769. The Bertz CT molecular complexity index is 323. The molecule has 1 amide bonds. The number of carbonyl (C=O) groups is 1. The van der Waals surface area contributed by atoms with Gasteiger partial charge in [-0.15, -0.1) is 0 Å². The lowest BCUT2D eigenvalue weighted by Gasteiger charge is -2.32. The van der Waals surface area contributed by atoms with Gasteiger partial charge in [0.2, 0.25) is 5.91 Å². The average Bonchev–Trinajstić information content (AvgIpc) is 3.03. The van der Waals surface area contributed by atoms with Crippen molar-refractivity contribution in [1.29, 1.82) is 0 Å². The Morgan fingerprint density at radius 3 is 2.45 bits per heavy atom. The molecule has 3 heteroatoms. The molecule has 2 aliphatic rings. The van der Waals surface area contributed by atoms with Crippen molar-refractivity contribution in [3.05, 3.63) is 0 Å². The minimum absolute atomic E-state index is 0.196. The van der Waals surface area contributed by atoms with Crippen LogP contribution in [0.5, 0.6) is 0 Å². The SMILES string of the molecule is CCCCC(CCC)N1C(=O)C2(CCCC2)NC1CC. The minimum atomic E-state index is -0.196. The van der Waals surface area contributed by atoms with Gasteiger partial charge in [0, 0.05) is 6.04 Å². The Balaban J connectivity index is 2.15. The molecule has 0 aromatic rings. The van der Waals surface area contributed by atoms with Gasteiger partial charge >= 0.3 is 0 Å². The number of amides is 1. The van der Waals surface area contributed by atoms with Crippen molar-refractivity contribution < 1.29 is 4.79 Å². The molecule has 20 heavy (non-hydrogen) atoms. The third-order valence-corrected chi connectivity index (χ3v) is 5.17. The van der Waals surface area contributed by atoms with Gasteiger partial charge in [0.1, 0.15) is 0 Å². The number of rotatable bonds is 7. The van der Waals surface area contributed by atoms with Crippen LogP contribution in [0.3, 0.4) is 0 Å². The molecule has 3 nitrogen and oxygen atoms in total. The number of nitrogens with one attached hydrogen (secondary N) is 1. The number of nitrogens with zero attached hydrogens (tertiary/aromatic N) is 1. The predicted octanol–water partition coefficient (Wildman–Crippen LogP) is 3.83. The molecule has 0 radical (unpaired) electrons. The van der Waals surface area contributed by atoms with Crippen LogP contribution in [0.25, 0.3) is 0 Å². The molecule has 2 unspecified atom stereocenters. The summed E-state index contributed by atoms with van der Waals surface area (Å²) in [5.74, 6) is 0.413. The van der Waals surface area contributed by atoms with Crippen LogP contribution < -0.4 is 5.32 Å². The molecule has 2 atom stereocenters. The van der Waals surface area contributed by atoms with Gasteiger partial charge in [-0.2, -0.15) is 0 Å². The molecule has 1 heterocycles. The van der Waals surface area contributed by atoms with E-state index in [-0.39, 0.29) is 11.7 Å². The van der Waals surface area contributed by atoms with Gasteiger partial charge in [-0.1, -0.05) is 52.9 Å². The maximum absolute atomic E-state index is 13.0. The molecule has 1 spiro atoms.